The maximum absolute atomic E-state index is 12.0. The van der Waals surface area contributed by atoms with E-state index in [0.717, 1.165) is 6.33 Å². The van der Waals surface area contributed by atoms with Crippen molar-refractivity contribution in [2.24, 2.45) is 0 Å². The van der Waals surface area contributed by atoms with Crippen LogP contribution >= 0.6 is 0 Å². The number of rotatable bonds is 6. The van der Waals surface area contributed by atoms with Crippen molar-refractivity contribution in [3.8, 4) is 0 Å². The minimum atomic E-state index is -0.667. The molecule has 1 heterocycles. The highest BCUT2D eigenvalue weighted by atomic mass is 16.6. The van der Waals surface area contributed by atoms with Gasteiger partial charge < -0.3 is 16.8 Å². The maximum Gasteiger partial charge on any atom is 0.352 e. The number of carbonyl (C=O) groups excluding carboxylic acids is 1. The highest BCUT2D eigenvalue weighted by molar-refractivity contribution is 5.96. The van der Waals surface area contributed by atoms with Crippen LogP contribution in [-0.2, 0) is 0 Å². The Labute approximate surface area is 125 Å². The Morgan fingerprint density at radius 3 is 2.55 bits per heavy atom. The molecule has 1 aromatic carbocycles. The highest BCUT2D eigenvalue weighted by Crippen LogP contribution is 2.26. The number of nitrogens with zero attached hydrogens (tertiary/aromatic N) is 3. The first-order valence-electron chi connectivity index (χ1n) is 6.36. The van der Waals surface area contributed by atoms with E-state index < -0.39 is 10.6 Å². The maximum atomic E-state index is 12.0. The lowest BCUT2D eigenvalue weighted by Gasteiger charge is -2.06. The van der Waals surface area contributed by atoms with Gasteiger partial charge in [-0.25, -0.2) is 9.97 Å². The van der Waals surface area contributed by atoms with E-state index in [1.165, 1.54) is 0 Å². The van der Waals surface area contributed by atoms with Crippen LogP contribution in [0.25, 0.3) is 0 Å². The molecule has 0 fully saturated rings. The second kappa shape index (κ2) is 6.48. The van der Waals surface area contributed by atoms with Gasteiger partial charge in [0, 0.05) is 24.2 Å². The number of nitrogen functional groups attached to an aromatic ring is 2. The van der Waals surface area contributed by atoms with Gasteiger partial charge in [0.1, 0.15) is 6.33 Å². The largest absolute Gasteiger partial charge is 0.399 e. The van der Waals surface area contributed by atoms with E-state index in [1.807, 2.05) is 0 Å². The molecular formula is C13H14N6O3. The lowest BCUT2D eigenvalue weighted by molar-refractivity contribution is -0.383. The summed E-state index contributed by atoms with van der Waals surface area (Å²) in [7, 11) is 0. The molecule has 0 spiro atoms. The van der Waals surface area contributed by atoms with Crippen LogP contribution in [0.5, 0.6) is 0 Å². The van der Waals surface area contributed by atoms with Crippen LogP contribution in [-0.4, -0.2) is 27.2 Å². The van der Waals surface area contributed by atoms with Gasteiger partial charge in [-0.2, -0.15) is 0 Å². The summed E-state index contributed by atoms with van der Waals surface area (Å²) in [4.78, 5) is 29.5. The number of Topliss-reactive ketones (excluding diaryl/α,β-unsaturated/α-hetero) is 1. The topological polar surface area (TPSA) is 150 Å². The van der Waals surface area contributed by atoms with Crippen molar-refractivity contribution in [3.63, 3.8) is 0 Å². The normalized spacial score (nSPS) is 10.2. The lowest BCUT2D eigenvalue weighted by Crippen LogP contribution is -2.12. The predicted octanol–water partition coefficient (Wildman–Crippen LogP) is 1.23. The van der Waals surface area contributed by atoms with E-state index in [0.29, 0.717) is 11.3 Å². The first-order valence-corrected chi connectivity index (χ1v) is 6.36. The summed E-state index contributed by atoms with van der Waals surface area (Å²) in [5.74, 6) is -0.354. The summed E-state index contributed by atoms with van der Waals surface area (Å²) in [6.45, 7) is 0.181. The van der Waals surface area contributed by atoms with Gasteiger partial charge in [-0.05, 0) is 24.3 Å². The minimum absolute atomic E-state index is 0.0115. The van der Waals surface area contributed by atoms with Crippen molar-refractivity contribution in [2.45, 2.75) is 6.42 Å². The molecule has 22 heavy (non-hydrogen) atoms. The number of hydrogen-bond acceptors (Lipinski definition) is 8. The molecule has 2 rings (SSSR count). The number of benzene rings is 1. The summed E-state index contributed by atoms with van der Waals surface area (Å²) in [5.41, 5.74) is 11.7. The zero-order chi connectivity index (χ0) is 16.1. The zero-order valence-electron chi connectivity index (χ0n) is 11.5. The molecule has 0 unspecified atom stereocenters. The first-order chi connectivity index (χ1) is 10.5. The Morgan fingerprint density at radius 2 is 1.91 bits per heavy atom. The molecule has 0 aliphatic heterocycles. The summed E-state index contributed by atoms with van der Waals surface area (Å²) in [6, 6.07) is 6.53. The van der Waals surface area contributed by atoms with Gasteiger partial charge in [0.25, 0.3) is 0 Å². The third-order valence-corrected chi connectivity index (χ3v) is 2.91. The highest BCUT2D eigenvalue weighted by Gasteiger charge is 2.20. The number of aromatic nitrogens is 2. The van der Waals surface area contributed by atoms with Crippen LogP contribution in [0, 0.1) is 10.1 Å². The van der Waals surface area contributed by atoms with Crippen LogP contribution in [0.15, 0.2) is 30.6 Å². The number of nitro groups is 1. The van der Waals surface area contributed by atoms with Crippen LogP contribution < -0.4 is 16.8 Å². The van der Waals surface area contributed by atoms with E-state index in [2.05, 4.69) is 15.3 Å². The predicted molar refractivity (Wildman–Crippen MR) is 81.4 cm³/mol. The van der Waals surface area contributed by atoms with Crippen LogP contribution in [0.2, 0.25) is 0 Å². The third kappa shape index (κ3) is 3.45. The fourth-order valence-electron chi connectivity index (χ4n) is 1.81. The summed E-state index contributed by atoms with van der Waals surface area (Å²) >= 11 is 0. The van der Waals surface area contributed by atoms with Gasteiger partial charge in [0.2, 0.25) is 11.6 Å². The summed E-state index contributed by atoms with van der Waals surface area (Å²) < 4.78 is 0. The van der Waals surface area contributed by atoms with Gasteiger partial charge in [0.15, 0.2) is 5.78 Å². The molecule has 0 bridgehead atoms. The molecular weight excluding hydrogens is 288 g/mol. The quantitative estimate of drug-likeness (QED) is 0.312. The van der Waals surface area contributed by atoms with E-state index in [-0.39, 0.29) is 30.4 Å². The second-order valence-electron chi connectivity index (χ2n) is 4.44. The van der Waals surface area contributed by atoms with Crippen molar-refractivity contribution in [2.75, 3.05) is 23.3 Å². The molecule has 0 aliphatic rings. The Hall–Kier alpha value is -3.23. The zero-order valence-corrected chi connectivity index (χ0v) is 11.5. The standard InChI is InChI=1S/C13H14N6O3/c14-9-3-1-8(2-4-9)10(20)5-6-16-13-11(19(21)22)12(15)17-7-18-13/h1-4,7H,5-6,14H2,(H3,15,16,17,18). The average molecular weight is 302 g/mol. The summed E-state index contributed by atoms with van der Waals surface area (Å²) in [6.07, 6.45) is 1.26. The molecule has 114 valence electrons. The van der Waals surface area contributed by atoms with Crippen LogP contribution in [0.3, 0.4) is 0 Å². The van der Waals surface area contributed by atoms with Gasteiger partial charge in [0.05, 0.1) is 4.92 Å². The van der Waals surface area contributed by atoms with Crippen LogP contribution in [0.4, 0.5) is 23.0 Å². The number of hydrogen-bond donors (Lipinski definition) is 3. The average Bonchev–Trinajstić information content (AvgIpc) is 2.47. The molecule has 9 nitrogen and oxygen atoms in total. The molecule has 0 aliphatic carbocycles. The van der Waals surface area contributed by atoms with E-state index in [9.17, 15) is 14.9 Å². The number of nitrogens with two attached hydrogens (primary N) is 2. The SMILES string of the molecule is Nc1ccc(C(=O)CCNc2ncnc(N)c2[N+](=O)[O-])cc1. The molecule has 0 saturated heterocycles. The molecule has 0 atom stereocenters. The van der Waals surface area contributed by atoms with Crippen molar-refractivity contribution in [3.05, 3.63) is 46.3 Å². The number of ketones is 1. The number of anilines is 3. The number of carbonyl (C=O) groups is 1. The molecule has 0 radical (unpaired) electrons. The Morgan fingerprint density at radius 1 is 1.23 bits per heavy atom. The Bertz CT molecular complexity index is 701. The monoisotopic (exact) mass is 302 g/mol. The minimum Gasteiger partial charge on any atom is -0.399 e. The number of nitrogens with one attached hydrogen (secondary N) is 1. The van der Waals surface area contributed by atoms with Crippen molar-refractivity contribution < 1.29 is 9.72 Å². The van der Waals surface area contributed by atoms with Crippen molar-refractivity contribution in [1.82, 2.24) is 9.97 Å². The molecule has 1 aromatic heterocycles. The Balaban J connectivity index is 2.00. The Kier molecular flexibility index (Phi) is 4.47. The van der Waals surface area contributed by atoms with Crippen LogP contribution in [0.1, 0.15) is 16.8 Å². The van der Waals surface area contributed by atoms with Crippen molar-refractivity contribution >= 4 is 28.8 Å². The lowest BCUT2D eigenvalue weighted by atomic mass is 10.1. The van der Waals surface area contributed by atoms with E-state index in [4.69, 9.17) is 11.5 Å². The first kappa shape index (κ1) is 15.2. The summed E-state index contributed by atoms with van der Waals surface area (Å²) in [5, 5.41) is 13.6. The van der Waals surface area contributed by atoms with Gasteiger partial charge in [-0.1, -0.05) is 0 Å². The third-order valence-electron chi connectivity index (χ3n) is 2.91. The molecule has 0 amide bonds. The fraction of sp³-hybridized carbons (Fsp3) is 0.154. The fourth-order valence-corrected chi connectivity index (χ4v) is 1.81. The molecule has 2 aromatic rings. The molecule has 0 saturated carbocycles. The van der Waals surface area contributed by atoms with Gasteiger partial charge in [-0.15, -0.1) is 0 Å². The van der Waals surface area contributed by atoms with E-state index in [1.54, 1.807) is 24.3 Å². The molecule has 5 N–H and O–H groups in total. The second-order valence-corrected chi connectivity index (χ2v) is 4.44. The molecule has 9 heteroatoms. The smallest absolute Gasteiger partial charge is 0.352 e. The van der Waals surface area contributed by atoms with E-state index >= 15 is 0 Å². The van der Waals surface area contributed by atoms with Gasteiger partial charge >= 0.3 is 5.69 Å². The van der Waals surface area contributed by atoms with Crippen molar-refractivity contribution in [1.29, 1.82) is 0 Å². The van der Waals surface area contributed by atoms with Gasteiger partial charge in [-0.3, -0.25) is 14.9 Å².